The van der Waals surface area contributed by atoms with Gasteiger partial charge in [0.15, 0.2) is 5.58 Å². The number of aromatic carboxylic acids is 1. The number of benzene rings is 1. The summed E-state index contributed by atoms with van der Waals surface area (Å²) in [6.45, 7) is 0. The molecule has 2 heterocycles. The maximum atomic E-state index is 11.2. The Morgan fingerprint density at radius 2 is 2.20 bits per heavy atom. The summed E-state index contributed by atoms with van der Waals surface area (Å²) in [5.74, 6) is -0.235. The number of carbonyl (C=O) groups is 1. The summed E-state index contributed by atoms with van der Waals surface area (Å²) >= 11 is 0. The van der Waals surface area contributed by atoms with Crippen molar-refractivity contribution in [1.29, 1.82) is 0 Å². The Balaban J connectivity index is 2.23. The lowest BCUT2D eigenvalue weighted by Crippen LogP contribution is -1.96. The molecular formula is C14H10N2O4. The van der Waals surface area contributed by atoms with Crippen LogP contribution in [0.5, 0.6) is 5.75 Å². The van der Waals surface area contributed by atoms with Gasteiger partial charge in [0.05, 0.1) is 24.4 Å². The first-order valence-corrected chi connectivity index (χ1v) is 5.82. The number of carboxylic acids is 1. The number of hydrogen-bond donors (Lipinski definition) is 1. The number of para-hydroxylation sites is 1. The number of pyridine rings is 1. The molecule has 0 aliphatic carbocycles. The van der Waals surface area contributed by atoms with Gasteiger partial charge in [0, 0.05) is 6.20 Å². The Hall–Kier alpha value is -2.89. The molecule has 3 aromatic rings. The van der Waals surface area contributed by atoms with Gasteiger partial charge in [-0.05, 0) is 18.2 Å². The van der Waals surface area contributed by atoms with Gasteiger partial charge in [0.1, 0.15) is 11.3 Å². The summed E-state index contributed by atoms with van der Waals surface area (Å²) < 4.78 is 10.8. The maximum absolute atomic E-state index is 11.2. The fraction of sp³-hybridized carbons (Fsp3) is 0.0714. The molecule has 0 radical (unpaired) electrons. The maximum Gasteiger partial charge on any atom is 0.338 e. The average Bonchev–Trinajstić information content (AvgIpc) is 2.90. The number of rotatable bonds is 3. The highest BCUT2D eigenvalue weighted by Crippen LogP contribution is 2.31. The molecule has 0 saturated heterocycles. The Labute approximate surface area is 113 Å². The first-order chi connectivity index (χ1) is 9.70. The van der Waals surface area contributed by atoms with E-state index >= 15 is 0 Å². The summed E-state index contributed by atoms with van der Waals surface area (Å²) in [5, 5.41) is 9.15. The Kier molecular flexibility index (Phi) is 2.83. The third kappa shape index (κ3) is 1.87. The van der Waals surface area contributed by atoms with Crippen LogP contribution in [0.3, 0.4) is 0 Å². The minimum absolute atomic E-state index is 0.102. The van der Waals surface area contributed by atoms with Crippen LogP contribution in [0.4, 0.5) is 0 Å². The third-order valence-corrected chi connectivity index (χ3v) is 2.88. The second kappa shape index (κ2) is 4.65. The van der Waals surface area contributed by atoms with Crippen LogP contribution in [-0.2, 0) is 0 Å². The summed E-state index contributed by atoms with van der Waals surface area (Å²) in [4.78, 5) is 19.4. The summed E-state index contributed by atoms with van der Waals surface area (Å²) in [5.41, 5.74) is 1.45. The standard InChI is InChI=1S/C14H10N2O4/c1-19-11-7-15-6-5-8(11)13-16-12-9(14(17)18)3-2-4-10(12)20-13/h2-7H,1H3,(H,17,18). The lowest BCUT2D eigenvalue weighted by atomic mass is 10.2. The van der Waals surface area contributed by atoms with Crippen molar-refractivity contribution in [3.05, 3.63) is 42.2 Å². The zero-order valence-corrected chi connectivity index (χ0v) is 10.5. The van der Waals surface area contributed by atoms with Crippen molar-refractivity contribution in [2.45, 2.75) is 0 Å². The molecule has 100 valence electrons. The normalized spacial score (nSPS) is 10.7. The fourth-order valence-corrected chi connectivity index (χ4v) is 1.96. The highest BCUT2D eigenvalue weighted by Gasteiger charge is 2.17. The van der Waals surface area contributed by atoms with Crippen LogP contribution >= 0.6 is 0 Å². The van der Waals surface area contributed by atoms with Crippen molar-refractivity contribution < 1.29 is 19.1 Å². The molecule has 1 aromatic carbocycles. The van der Waals surface area contributed by atoms with Crippen LogP contribution < -0.4 is 4.74 Å². The minimum atomic E-state index is -1.04. The predicted octanol–water partition coefficient (Wildman–Crippen LogP) is 2.60. The second-order valence-electron chi connectivity index (χ2n) is 4.05. The highest BCUT2D eigenvalue weighted by atomic mass is 16.5. The number of aromatic nitrogens is 2. The number of oxazole rings is 1. The van der Waals surface area contributed by atoms with Gasteiger partial charge >= 0.3 is 5.97 Å². The van der Waals surface area contributed by atoms with Gasteiger partial charge in [-0.15, -0.1) is 0 Å². The number of ether oxygens (including phenoxy) is 1. The van der Waals surface area contributed by atoms with Crippen LogP contribution in [-0.4, -0.2) is 28.2 Å². The van der Waals surface area contributed by atoms with Crippen molar-refractivity contribution in [3.63, 3.8) is 0 Å². The first kappa shape index (κ1) is 12.2. The summed E-state index contributed by atoms with van der Waals surface area (Å²) in [6, 6.07) is 6.47. The number of methoxy groups -OCH3 is 1. The van der Waals surface area contributed by atoms with E-state index in [0.29, 0.717) is 28.3 Å². The van der Waals surface area contributed by atoms with E-state index in [4.69, 9.17) is 14.3 Å². The van der Waals surface area contributed by atoms with E-state index in [1.54, 1.807) is 30.6 Å². The predicted molar refractivity (Wildman–Crippen MR) is 70.8 cm³/mol. The van der Waals surface area contributed by atoms with Gasteiger partial charge in [-0.3, -0.25) is 4.98 Å². The third-order valence-electron chi connectivity index (χ3n) is 2.88. The molecule has 0 aliphatic heterocycles. The zero-order valence-electron chi connectivity index (χ0n) is 10.5. The van der Waals surface area contributed by atoms with Crippen molar-refractivity contribution in [3.8, 4) is 17.2 Å². The number of fused-ring (bicyclic) bond motifs is 1. The monoisotopic (exact) mass is 270 g/mol. The van der Waals surface area contributed by atoms with Gasteiger partial charge < -0.3 is 14.3 Å². The Morgan fingerprint density at radius 3 is 2.95 bits per heavy atom. The molecule has 6 nitrogen and oxygen atoms in total. The molecule has 0 aliphatic rings. The van der Waals surface area contributed by atoms with E-state index in [9.17, 15) is 4.79 Å². The molecule has 0 saturated carbocycles. The van der Waals surface area contributed by atoms with Crippen molar-refractivity contribution >= 4 is 17.1 Å². The Bertz CT molecular complexity index is 795. The number of hydrogen-bond acceptors (Lipinski definition) is 5. The van der Waals surface area contributed by atoms with Crippen molar-refractivity contribution in [1.82, 2.24) is 9.97 Å². The lowest BCUT2D eigenvalue weighted by Gasteiger charge is -2.02. The smallest absolute Gasteiger partial charge is 0.338 e. The van der Waals surface area contributed by atoms with Crippen LogP contribution in [0.1, 0.15) is 10.4 Å². The molecule has 0 atom stereocenters. The molecule has 0 bridgehead atoms. The van der Waals surface area contributed by atoms with Crippen molar-refractivity contribution in [2.24, 2.45) is 0 Å². The van der Waals surface area contributed by atoms with E-state index < -0.39 is 5.97 Å². The molecule has 0 amide bonds. The van der Waals surface area contributed by atoms with E-state index in [1.807, 2.05) is 0 Å². The van der Waals surface area contributed by atoms with E-state index in [0.717, 1.165) is 0 Å². The van der Waals surface area contributed by atoms with Crippen LogP contribution in [0.15, 0.2) is 41.1 Å². The molecule has 6 heteroatoms. The molecule has 2 aromatic heterocycles. The Morgan fingerprint density at radius 1 is 1.35 bits per heavy atom. The van der Waals surface area contributed by atoms with Gasteiger partial charge in [-0.2, -0.15) is 0 Å². The van der Waals surface area contributed by atoms with Gasteiger partial charge in [0.25, 0.3) is 0 Å². The highest BCUT2D eigenvalue weighted by molar-refractivity contribution is 6.00. The van der Waals surface area contributed by atoms with Crippen molar-refractivity contribution in [2.75, 3.05) is 7.11 Å². The molecule has 20 heavy (non-hydrogen) atoms. The topological polar surface area (TPSA) is 85.5 Å². The largest absolute Gasteiger partial charge is 0.494 e. The molecule has 0 unspecified atom stereocenters. The number of nitrogens with zero attached hydrogens (tertiary/aromatic N) is 2. The van der Waals surface area contributed by atoms with Crippen LogP contribution in [0, 0.1) is 0 Å². The van der Waals surface area contributed by atoms with E-state index in [-0.39, 0.29) is 5.56 Å². The minimum Gasteiger partial charge on any atom is -0.494 e. The summed E-state index contributed by atoms with van der Waals surface area (Å²) in [7, 11) is 1.52. The van der Waals surface area contributed by atoms with Gasteiger partial charge in [-0.25, -0.2) is 9.78 Å². The molecule has 1 N–H and O–H groups in total. The second-order valence-corrected chi connectivity index (χ2v) is 4.05. The van der Waals surface area contributed by atoms with Gasteiger partial charge in [0.2, 0.25) is 5.89 Å². The molecule has 3 rings (SSSR count). The SMILES string of the molecule is COc1cnccc1-c1nc2c(C(=O)O)cccc2o1. The number of carboxylic acid groups (broad SMARTS) is 1. The van der Waals surface area contributed by atoms with E-state index in [1.165, 1.54) is 13.2 Å². The fourth-order valence-electron chi connectivity index (χ4n) is 1.96. The summed E-state index contributed by atoms with van der Waals surface area (Å²) in [6.07, 6.45) is 3.13. The van der Waals surface area contributed by atoms with Crippen LogP contribution in [0.25, 0.3) is 22.6 Å². The average molecular weight is 270 g/mol. The molecule has 0 fully saturated rings. The lowest BCUT2D eigenvalue weighted by molar-refractivity contribution is 0.0699. The quantitative estimate of drug-likeness (QED) is 0.787. The van der Waals surface area contributed by atoms with Crippen LogP contribution in [0.2, 0.25) is 0 Å². The molecular weight excluding hydrogens is 260 g/mol. The van der Waals surface area contributed by atoms with E-state index in [2.05, 4.69) is 9.97 Å². The molecule has 0 spiro atoms. The van der Waals surface area contributed by atoms with Gasteiger partial charge in [-0.1, -0.05) is 6.07 Å². The first-order valence-electron chi connectivity index (χ1n) is 5.82. The zero-order chi connectivity index (χ0) is 14.1.